The van der Waals surface area contributed by atoms with Gasteiger partial charge in [-0.1, -0.05) is 78.4 Å². The summed E-state index contributed by atoms with van der Waals surface area (Å²) in [4.78, 5) is 41.3. The number of anilines is 2. The van der Waals surface area contributed by atoms with Gasteiger partial charge in [0.2, 0.25) is 5.91 Å². The lowest BCUT2D eigenvalue weighted by atomic mass is 10.1. The Balaban J connectivity index is 1.08. The summed E-state index contributed by atoms with van der Waals surface area (Å²) in [5, 5.41) is 8.07. The molecule has 264 valence electrons. The minimum absolute atomic E-state index is 0.00191. The van der Waals surface area contributed by atoms with E-state index in [4.69, 9.17) is 13.9 Å². The number of carbonyl (C=O) groups is 3. The smallest absolute Gasteiger partial charge is 0.272 e. The van der Waals surface area contributed by atoms with E-state index in [-0.39, 0.29) is 11.6 Å². The average molecular weight is 722 g/mol. The number of hydrogen-bond donors (Lipinski definition) is 3. The largest absolute Gasteiger partial charge is 0.486 e. The SMILES string of the molecule is Cc1ccc(-c2ccc(/C=C(\NC(=O)c3ccccc3)C(=O)Nc3ccc(S[C@@H](C(=O)Nc4ccc5c(c4)OCCO5)c4ccccc4)cc3)o2)cc1. The number of nitrogens with one attached hydrogen (secondary N) is 3. The maximum absolute atomic E-state index is 13.7. The zero-order valence-electron chi connectivity index (χ0n) is 28.7. The van der Waals surface area contributed by atoms with Crippen molar-refractivity contribution in [3.8, 4) is 22.8 Å². The molecule has 3 amide bonds. The standard InChI is InChI=1S/C43H35N3O6S/c1-28-12-14-29(15-13-28)37-23-19-34(52-37)27-36(46-41(47)31-10-6-3-7-11-31)42(48)44-32-16-20-35(21-17-32)53-40(30-8-4-2-5-9-30)43(49)45-33-18-22-38-39(26-33)51-25-24-50-38/h2-23,26-27,40H,24-25H2,1H3,(H,44,48)(H,45,49)(H,46,47)/b36-27-/t40-/m1/s1. The lowest BCUT2D eigenvalue weighted by molar-refractivity contribution is -0.116. The van der Waals surface area contributed by atoms with Crippen LogP contribution in [0.4, 0.5) is 11.4 Å². The number of furan rings is 1. The van der Waals surface area contributed by atoms with Crippen LogP contribution in [0.1, 0.15) is 32.5 Å². The summed E-state index contributed by atoms with van der Waals surface area (Å²) in [5.41, 5.74) is 4.35. The summed E-state index contributed by atoms with van der Waals surface area (Å²) in [6, 6.07) is 42.2. The topological polar surface area (TPSA) is 119 Å². The molecule has 0 bridgehead atoms. The fraction of sp³-hybridized carbons (Fsp3) is 0.0930. The number of thioether (sulfide) groups is 1. The van der Waals surface area contributed by atoms with Gasteiger partial charge in [-0.15, -0.1) is 11.8 Å². The molecule has 0 fully saturated rings. The fourth-order valence-corrected chi connectivity index (χ4v) is 6.59. The van der Waals surface area contributed by atoms with Crippen molar-refractivity contribution in [2.45, 2.75) is 17.1 Å². The molecule has 53 heavy (non-hydrogen) atoms. The minimum Gasteiger partial charge on any atom is -0.486 e. The molecule has 5 aromatic carbocycles. The molecular weight excluding hydrogens is 687 g/mol. The quantitative estimate of drug-likeness (QED) is 0.0903. The molecule has 0 saturated heterocycles. The number of hydrogen-bond acceptors (Lipinski definition) is 7. The Kier molecular flexibility index (Phi) is 10.7. The van der Waals surface area contributed by atoms with E-state index in [0.29, 0.717) is 53.2 Å². The highest BCUT2D eigenvalue weighted by Gasteiger charge is 2.24. The van der Waals surface area contributed by atoms with Crippen molar-refractivity contribution in [2.24, 2.45) is 0 Å². The third-order valence-electron chi connectivity index (χ3n) is 8.29. The van der Waals surface area contributed by atoms with Crippen molar-refractivity contribution in [3.63, 3.8) is 0 Å². The Bertz CT molecular complexity index is 2250. The van der Waals surface area contributed by atoms with Gasteiger partial charge in [-0.25, -0.2) is 0 Å². The Morgan fingerprint density at radius 1 is 0.698 bits per heavy atom. The zero-order chi connectivity index (χ0) is 36.6. The summed E-state index contributed by atoms with van der Waals surface area (Å²) >= 11 is 1.38. The molecule has 0 radical (unpaired) electrons. The molecule has 0 spiro atoms. The molecule has 0 aliphatic carbocycles. The highest BCUT2D eigenvalue weighted by Crippen LogP contribution is 2.38. The molecule has 10 heteroatoms. The first-order chi connectivity index (χ1) is 25.9. The molecule has 0 saturated carbocycles. The maximum Gasteiger partial charge on any atom is 0.272 e. The van der Waals surface area contributed by atoms with Gasteiger partial charge >= 0.3 is 0 Å². The van der Waals surface area contributed by atoms with Crippen molar-refractivity contribution < 1.29 is 28.3 Å². The Morgan fingerprint density at radius 2 is 1.38 bits per heavy atom. The first kappa shape index (κ1) is 34.9. The van der Waals surface area contributed by atoms with E-state index in [1.165, 1.54) is 17.8 Å². The number of rotatable bonds is 11. The van der Waals surface area contributed by atoms with Crippen molar-refractivity contribution in [1.29, 1.82) is 0 Å². The van der Waals surface area contributed by atoms with Crippen LogP contribution in [0.5, 0.6) is 11.5 Å². The third kappa shape index (κ3) is 8.87. The maximum atomic E-state index is 13.7. The van der Waals surface area contributed by atoms with Crippen molar-refractivity contribution in [2.75, 3.05) is 23.8 Å². The Morgan fingerprint density at radius 3 is 2.11 bits per heavy atom. The molecular formula is C43H35N3O6S. The van der Waals surface area contributed by atoms with Crippen LogP contribution in [0.25, 0.3) is 17.4 Å². The number of aryl methyl sites for hydroxylation is 1. The van der Waals surface area contributed by atoms with Gasteiger partial charge < -0.3 is 29.8 Å². The van der Waals surface area contributed by atoms with Gasteiger partial charge in [0.1, 0.15) is 35.7 Å². The van der Waals surface area contributed by atoms with E-state index in [0.717, 1.165) is 21.6 Å². The normalized spacial score (nSPS) is 12.7. The molecule has 9 nitrogen and oxygen atoms in total. The van der Waals surface area contributed by atoms with E-state index in [2.05, 4.69) is 16.0 Å². The van der Waals surface area contributed by atoms with Crippen LogP contribution in [0.2, 0.25) is 0 Å². The van der Waals surface area contributed by atoms with E-state index in [1.807, 2.05) is 85.8 Å². The van der Waals surface area contributed by atoms with Gasteiger partial charge in [0.15, 0.2) is 11.5 Å². The number of amides is 3. The number of fused-ring (bicyclic) bond motifs is 1. The molecule has 2 heterocycles. The van der Waals surface area contributed by atoms with Crippen molar-refractivity contribution in [3.05, 3.63) is 168 Å². The molecule has 3 N–H and O–H groups in total. The minimum atomic E-state index is -0.578. The summed E-state index contributed by atoms with van der Waals surface area (Å²) in [5.74, 6) is 1.07. The fourth-order valence-electron chi connectivity index (χ4n) is 5.57. The van der Waals surface area contributed by atoms with Crippen LogP contribution in [-0.2, 0) is 9.59 Å². The van der Waals surface area contributed by atoms with Crippen molar-refractivity contribution >= 4 is 46.9 Å². The lowest BCUT2D eigenvalue weighted by Crippen LogP contribution is -2.30. The summed E-state index contributed by atoms with van der Waals surface area (Å²) in [6.07, 6.45) is 1.50. The van der Waals surface area contributed by atoms with Crippen LogP contribution in [-0.4, -0.2) is 30.9 Å². The predicted octanol–water partition coefficient (Wildman–Crippen LogP) is 8.91. The second-order valence-corrected chi connectivity index (χ2v) is 13.4. The van der Waals surface area contributed by atoms with Gasteiger partial charge in [-0.05, 0) is 73.2 Å². The van der Waals surface area contributed by atoms with E-state index in [1.54, 1.807) is 60.7 Å². The van der Waals surface area contributed by atoms with E-state index in [9.17, 15) is 14.4 Å². The van der Waals surface area contributed by atoms with E-state index >= 15 is 0 Å². The molecule has 0 unspecified atom stereocenters. The first-order valence-corrected chi connectivity index (χ1v) is 17.8. The second kappa shape index (κ2) is 16.2. The van der Waals surface area contributed by atoms with Gasteiger partial charge in [0.05, 0.1) is 0 Å². The molecule has 1 aliphatic heterocycles. The lowest BCUT2D eigenvalue weighted by Gasteiger charge is -2.20. The summed E-state index contributed by atoms with van der Waals surface area (Å²) in [6.45, 7) is 2.94. The van der Waals surface area contributed by atoms with Crippen molar-refractivity contribution in [1.82, 2.24) is 5.32 Å². The van der Waals surface area contributed by atoms with E-state index < -0.39 is 17.1 Å². The predicted molar refractivity (Wildman–Crippen MR) is 207 cm³/mol. The van der Waals surface area contributed by atoms with Gasteiger partial charge in [0, 0.05) is 39.5 Å². The molecule has 1 atom stereocenters. The first-order valence-electron chi connectivity index (χ1n) is 17.0. The highest BCUT2D eigenvalue weighted by molar-refractivity contribution is 8.00. The second-order valence-electron chi connectivity index (χ2n) is 12.2. The Labute approximate surface area is 311 Å². The average Bonchev–Trinajstić information content (AvgIpc) is 3.66. The van der Waals surface area contributed by atoms with Crippen LogP contribution in [0.15, 0.2) is 155 Å². The van der Waals surface area contributed by atoms with Gasteiger partial charge in [-0.2, -0.15) is 0 Å². The molecule has 1 aromatic heterocycles. The third-order valence-corrected chi connectivity index (χ3v) is 9.56. The number of ether oxygens (including phenoxy) is 2. The number of benzene rings is 5. The monoisotopic (exact) mass is 721 g/mol. The highest BCUT2D eigenvalue weighted by atomic mass is 32.2. The number of carbonyl (C=O) groups excluding carboxylic acids is 3. The summed E-state index contributed by atoms with van der Waals surface area (Å²) in [7, 11) is 0. The van der Waals surface area contributed by atoms with Crippen LogP contribution < -0.4 is 25.4 Å². The van der Waals surface area contributed by atoms with Crippen LogP contribution >= 0.6 is 11.8 Å². The van der Waals surface area contributed by atoms with Crippen LogP contribution in [0.3, 0.4) is 0 Å². The van der Waals surface area contributed by atoms with Gasteiger partial charge in [0.25, 0.3) is 11.8 Å². The van der Waals surface area contributed by atoms with Crippen LogP contribution in [0, 0.1) is 6.92 Å². The molecule has 6 aromatic rings. The Hall–Kier alpha value is -6.52. The zero-order valence-corrected chi connectivity index (χ0v) is 29.5. The molecule has 7 rings (SSSR count). The summed E-state index contributed by atoms with van der Waals surface area (Å²) < 4.78 is 17.3. The van der Waals surface area contributed by atoms with Gasteiger partial charge in [-0.3, -0.25) is 14.4 Å². The molecule has 1 aliphatic rings.